The lowest BCUT2D eigenvalue weighted by Gasteiger charge is -2.09. The maximum Gasteiger partial charge on any atom is 0.306 e. The molecule has 1 N–H and O–H groups in total. The molecule has 132 valence electrons. The molecular weight excluding hydrogens is 365 g/mol. The van der Waals surface area contributed by atoms with Crippen LogP contribution in [0.4, 0.5) is 5.69 Å². The van der Waals surface area contributed by atoms with E-state index >= 15 is 0 Å². The van der Waals surface area contributed by atoms with Gasteiger partial charge in [-0.15, -0.1) is 0 Å². The first-order valence-electron chi connectivity index (χ1n) is 7.51. The molecule has 0 atom stereocenters. The number of benzene rings is 2. The van der Waals surface area contributed by atoms with Gasteiger partial charge in [0.2, 0.25) is 0 Å². The van der Waals surface area contributed by atoms with E-state index in [2.05, 4.69) is 5.32 Å². The maximum atomic E-state index is 11.8. The molecule has 0 fully saturated rings. The molecule has 0 saturated carbocycles. The summed E-state index contributed by atoms with van der Waals surface area (Å²) in [6.45, 7) is -0.380. The third-order valence-corrected chi connectivity index (χ3v) is 3.74. The Balaban J connectivity index is 1.78. The Morgan fingerprint density at radius 1 is 1.08 bits per heavy atom. The van der Waals surface area contributed by atoms with E-state index in [1.165, 1.54) is 0 Å². The van der Waals surface area contributed by atoms with Crippen LogP contribution in [-0.2, 0) is 20.7 Å². The van der Waals surface area contributed by atoms with Gasteiger partial charge in [0.25, 0.3) is 5.91 Å². The largest absolute Gasteiger partial charge is 0.496 e. The molecule has 0 aliphatic rings. The van der Waals surface area contributed by atoms with Crippen molar-refractivity contribution in [1.82, 2.24) is 0 Å². The summed E-state index contributed by atoms with van der Waals surface area (Å²) in [6, 6.07) is 12.1. The Morgan fingerprint density at radius 3 is 2.44 bits per heavy atom. The van der Waals surface area contributed by atoms with Crippen molar-refractivity contribution in [3.8, 4) is 5.75 Å². The Labute approximate surface area is 155 Å². The zero-order chi connectivity index (χ0) is 18.2. The first-order valence-corrected chi connectivity index (χ1v) is 8.27. The molecule has 0 spiro atoms. The van der Waals surface area contributed by atoms with Gasteiger partial charge in [-0.25, -0.2) is 0 Å². The van der Waals surface area contributed by atoms with E-state index in [1.807, 2.05) is 24.3 Å². The average molecular weight is 382 g/mol. The molecule has 2 aromatic rings. The van der Waals surface area contributed by atoms with Gasteiger partial charge < -0.3 is 14.8 Å². The highest BCUT2D eigenvalue weighted by molar-refractivity contribution is 6.35. The zero-order valence-corrected chi connectivity index (χ0v) is 15.1. The molecule has 0 bridgehead atoms. The van der Waals surface area contributed by atoms with E-state index in [-0.39, 0.29) is 13.0 Å². The second-order valence-corrected chi connectivity index (χ2v) is 6.05. The fourth-order valence-corrected chi connectivity index (χ4v) is 2.71. The Bertz CT molecular complexity index is 744. The lowest BCUT2D eigenvalue weighted by molar-refractivity contribution is -0.147. The van der Waals surface area contributed by atoms with Crippen LogP contribution in [-0.4, -0.2) is 25.6 Å². The van der Waals surface area contributed by atoms with Crippen LogP contribution >= 0.6 is 23.2 Å². The second-order valence-electron chi connectivity index (χ2n) is 5.18. The number of anilines is 1. The van der Waals surface area contributed by atoms with Crippen molar-refractivity contribution < 1.29 is 19.1 Å². The van der Waals surface area contributed by atoms with Crippen LogP contribution in [0.3, 0.4) is 0 Å². The monoisotopic (exact) mass is 381 g/mol. The van der Waals surface area contributed by atoms with Gasteiger partial charge in [-0.1, -0.05) is 41.4 Å². The highest BCUT2D eigenvalue weighted by atomic mass is 35.5. The first kappa shape index (κ1) is 19.1. The number of hydrogen-bond acceptors (Lipinski definition) is 4. The summed E-state index contributed by atoms with van der Waals surface area (Å²) >= 11 is 11.7. The molecule has 5 nitrogen and oxygen atoms in total. The molecule has 2 rings (SSSR count). The van der Waals surface area contributed by atoms with Gasteiger partial charge in [-0.05, 0) is 36.2 Å². The predicted octanol–water partition coefficient (Wildman–Crippen LogP) is 4.12. The van der Waals surface area contributed by atoms with Gasteiger partial charge in [-0.2, -0.15) is 0 Å². The number of halogens is 2. The molecule has 7 heteroatoms. The number of rotatable bonds is 7. The van der Waals surface area contributed by atoms with Gasteiger partial charge in [0, 0.05) is 22.2 Å². The van der Waals surface area contributed by atoms with E-state index in [9.17, 15) is 9.59 Å². The molecule has 0 aromatic heterocycles. The number of nitrogens with one attached hydrogen (secondary N) is 1. The minimum absolute atomic E-state index is 0.149. The number of para-hydroxylation sites is 1. The third-order valence-electron chi connectivity index (χ3n) is 3.30. The zero-order valence-electron chi connectivity index (χ0n) is 13.6. The topological polar surface area (TPSA) is 64.6 Å². The van der Waals surface area contributed by atoms with Gasteiger partial charge >= 0.3 is 5.97 Å². The molecule has 0 radical (unpaired) electrons. The van der Waals surface area contributed by atoms with Crippen molar-refractivity contribution in [1.29, 1.82) is 0 Å². The minimum Gasteiger partial charge on any atom is -0.496 e. The van der Waals surface area contributed by atoms with E-state index in [0.717, 1.165) is 5.56 Å². The fourth-order valence-electron chi connectivity index (χ4n) is 2.19. The van der Waals surface area contributed by atoms with Crippen molar-refractivity contribution in [2.75, 3.05) is 19.0 Å². The quantitative estimate of drug-likeness (QED) is 0.732. The predicted molar refractivity (Wildman–Crippen MR) is 97.4 cm³/mol. The molecule has 0 unspecified atom stereocenters. The van der Waals surface area contributed by atoms with Crippen LogP contribution in [0.1, 0.15) is 12.0 Å². The van der Waals surface area contributed by atoms with Crippen molar-refractivity contribution in [2.24, 2.45) is 0 Å². The molecule has 0 aliphatic heterocycles. The summed E-state index contributed by atoms with van der Waals surface area (Å²) in [5.74, 6) is -0.222. The maximum absolute atomic E-state index is 11.8. The van der Waals surface area contributed by atoms with Crippen LogP contribution in [0.15, 0.2) is 42.5 Å². The number of aryl methyl sites for hydroxylation is 1. The molecule has 25 heavy (non-hydrogen) atoms. The second kappa shape index (κ2) is 9.30. The van der Waals surface area contributed by atoms with Gasteiger partial charge in [0.15, 0.2) is 6.61 Å². The molecule has 2 aromatic carbocycles. The number of amides is 1. The van der Waals surface area contributed by atoms with E-state index < -0.39 is 11.9 Å². The molecule has 0 saturated heterocycles. The molecule has 1 amide bonds. The van der Waals surface area contributed by atoms with Crippen LogP contribution in [0.2, 0.25) is 10.0 Å². The smallest absolute Gasteiger partial charge is 0.306 e. The average Bonchev–Trinajstić information content (AvgIpc) is 2.57. The Kier molecular flexibility index (Phi) is 7.10. The minimum atomic E-state index is -0.469. The lowest BCUT2D eigenvalue weighted by atomic mass is 10.1. The number of carbonyl (C=O) groups excluding carboxylic acids is 2. The highest BCUT2D eigenvalue weighted by Crippen LogP contribution is 2.22. The van der Waals surface area contributed by atoms with Crippen molar-refractivity contribution in [3.05, 3.63) is 58.1 Å². The fraction of sp³-hybridized carbons (Fsp3) is 0.222. The molecule has 0 heterocycles. The summed E-state index contributed by atoms with van der Waals surface area (Å²) in [5, 5.41) is 3.37. The van der Waals surface area contributed by atoms with E-state index in [0.29, 0.717) is 27.9 Å². The summed E-state index contributed by atoms with van der Waals surface area (Å²) in [4.78, 5) is 23.6. The normalized spacial score (nSPS) is 10.2. The number of carbonyl (C=O) groups is 2. The number of esters is 1. The molecular formula is C18H17Cl2NO4. The lowest BCUT2D eigenvalue weighted by Crippen LogP contribution is -2.21. The van der Waals surface area contributed by atoms with Gasteiger partial charge in [-0.3, -0.25) is 9.59 Å². The van der Waals surface area contributed by atoms with E-state index in [4.69, 9.17) is 32.7 Å². The van der Waals surface area contributed by atoms with Crippen LogP contribution in [0, 0.1) is 0 Å². The Hall–Kier alpha value is -2.24. The molecule has 0 aliphatic carbocycles. The van der Waals surface area contributed by atoms with Crippen LogP contribution in [0.5, 0.6) is 5.75 Å². The van der Waals surface area contributed by atoms with Gasteiger partial charge in [0.05, 0.1) is 7.11 Å². The highest BCUT2D eigenvalue weighted by Gasteiger charge is 2.10. The van der Waals surface area contributed by atoms with Crippen molar-refractivity contribution in [2.45, 2.75) is 12.8 Å². The number of methoxy groups -OCH3 is 1. The SMILES string of the molecule is COc1ccccc1CCC(=O)OCC(=O)Nc1cc(Cl)cc(Cl)c1. The number of ether oxygens (including phenoxy) is 2. The standard InChI is InChI=1S/C18H17Cl2NO4/c1-24-16-5-3-2-4-12(16)6-7-18(23)25-11-17(22)21-15-9-13(19)8-14(20)10-15/h2-5,8-10H,6-7,11H2,1H3,(H,21,22). The number of hydrogen-bond donors (Lipinski definition) is 1. The summed E-state index contributed by atoms with van der Waals surface area (Å²) in [5.41, 5.74) is 1.34. The summed E-state index contributed by atoms with van der Waals surface area (Å²) in [7, 11) is 1.57. The van der Waals surface area contributed by atoms with Crippen LogP contribution < -0.4 is 10.1 Å². The van der Waals surface area contributed by atoms with E-state index in [1.54, 1.807) is 25.3 Å². The Morgan fingerprint density at radius 2 is 1.76 bits per heavy atom. The third kappa shape index (κ3) is 6.29. The summed E-state index contributed by atoms with van der Waals surface area (Å²) in [6.07, 6.45) is 0.616. The van der Waals surface area contributed by atoms with Gasteiger partial charge in [0.1, 0.15) is 5.75 Å². The summed E-state index contributed by atoms with van der Waals surface area (Å²) < 4.78 is 10.2. The van der Waals surface area contributed by atoms with Crippen molar-refractivity contribution >= 4 is 40.8 Å². The van der Waals surface area contributed by atoms with Crippen molar-refractivity contribution in [3.63, 3.8) is 0 Å². The van der Waals surface area contributed by atoms with Crippen LogP contribution in [0.25, 0.3) is 0 Å². The first-order chi connectivity index (χ1) is 12.0.